The van der Waals surface area contributed by atoms with Crippen LogP contribution in [0, 0.1) is 10.1 Å². The van der Waals surface area contributed by atoms with Crippen LogP contribution in [0.3, 0.4) is 0 Å². The molecule has 1 aromatic rings. The third-order valence-corrected chi connectivity index (χ3v) is 3.17. The van der Waals surface area contributed by atoms with Crippen molar-refractivity contribution in [1.29, 1.82) is 0 Å². The Bertz CT molecular complexity index is 672. The molecule has 9 heteroatoms. The van der Waals surface area contributed by atoms with E-state index in [0.717, 1.165) is 18.2 Å². The van der Waals surface area contributed by atoms with E-state index in [1.165, 1.54) is 12.2 Å². The fourth-order valence-corrected chi connectivity index (χ4v) is 1.98. The summed E-state index contributed by atoms with van der Waals surface area (Å²) in [5, 5.41) is 20.2. The molecule has 1 atom stereocenters. The van der Waals surface area contributed by atoms with Crippen molar-refractivity contribution in [1.82, 2.24) is 0 Å². The van der Waals surface area contributed by atoms with Crippen LogP contribution in [-0.2, 0) is 6.18 Å². The highest BCUT2D eigenvalue weighted by atomic mass is 35.5. The first-order valence-corrected chi connectivity index (χ1v) is 6.30. The van der Waals surface area contributed by atoms with Gasteiger partial charge in [0.25, 0.3) is 0 Å². The minimum absolute atomic E-state index is 0.0906. The summed E-state index contributed by atoms with van der Waals surface area (Å²) in [4.78, 5) is 9.87. The first-order valence-electron chi connectivity index (χ1n) is 5.93. The predicted molar refractivity (Wildman–Crippen MR) is 70.9 cm³/mol. The number of allylic oxidation sites excluding steroid dienone is 1. The molecule has 0 amide bonds. The van der Waals surface area contributed by atoms with Crippen LogP contribution < -0.4 is 4.74 Å². The summed E-state index contributed by atoms with van der Waals surface area (Å²) in [6.07, 6.45) is -1.26. The molecule has 0 fully saturated rings. The van der Waals surface area contributed by atoms with Gasteiger partial charge in [-0.3, -0.25) is 10.1 Å². The number of halogens is 4. The van der Waals surface area contributed by atoms with E-state index in [0.29, 0.717) is 6.07 Å². The maximum absolute atomic E-state index is 12.5. The summed E-state index contributed by atoms with van der Waals surface area (Å²) in [6, 6.07) is 2.46. The van der Waals surface area contributed by atoms with Gasteiger partial charge in [0, 0.05) is 0 Å². The molecule has 0 aliphatic heterocycles. The van der Waals surface area contributed by atoms with Gasteiger partial charge in [0.2, 0.25) is 0 Å². The topological polar surface area (TPSA) is 72.6 Å². The molecular formula is C13H9ClF3NO4. The van der Waals surface area contributed by atoms with Crippen molar-refractivity contribution in [3.05, 3.63) is 62.9 Å². The molecule has 1 aliphatic carbocycles. The van der Waals surface area contributed by atoms with Crippen LogP contribution in [0.2, 0.25) is 5.02 Å². The number of alkyl halides is 3. The van der Waals surface area contributed by atoms with Crippen molar-refractivity contribution >= 4 is 11.6 Å². The number of aliphatic hydroxyl groups is 1. The Kier molecular flexibility index (Phi) is 4.17. The second-order valence-electron chi connectivity index (χ2n) is 4.53. The third kappa shape index (κ3) is 3.40. The van der Waals surface area contributed by atoms with Gasteiger partial charge in [0.1, 0.15) is 11.5 Å². The van der Waals surface area contributed by atoms with E-state index < -0.39 is 22.4 Å². The summed E-state index contributed by atoms with van der Waals surface area (Å²) in [5.74, 6) is -0.203. The molecule has 0 aromatic heterocycles. The van der Waals surface area contributed by atoms with Crippen LogP contribution in [-0.4, -0.2) is 15.8 Å². The van der Waals surface area contributed by atoms with Crippen LogP contribution in [0.5, 0.6) is 5.75 Å². The quantitative estimate of drug-likeness (QED) is 0.521. The lowest BCUT2D eigenvalue weighted by Crippen LogP contribution is -2.37. The number of hydrogen-bond donors (Lipinski definition) is 1. The molecule has 22 heavy (non-hydrogen) atoms. The first kappa shape index (κ1) is 16.3. The second-order valence-corrected chi connectivity index (χ2v) is 4.94. The lowest BCUT2D eigenvalue weighted by atomic mass is 10.0. The number of nitrogens with zero attached hydrogens (tertiary/aromatic N) is 1. The van der Waals surface area contributed by atoms with Crippen LogP contribution >= 0.6 is 11.6 Å². The number of benzene rings is 1. The SMILES string of the molecule is O=[N+]([O-])C1(O)C=C(Oc2ccc(C(F)(F)F)cc2Cl)C=CC1. The highest BCUT2D eigenvalue weighted by Crippen LogP contribution is 2.36. The van der Waals surface area contributed by atoms with Gasteiger partial charge >= 0.3 is 11.9 Å². The fraction of sp³-hybridized carbons (Fsp3) is 0.231. The Morgan fingerprint density at radius 2 is 2.09 bits per heavy atom. The lowest BCUT2D eigenvalue weighted by Gasteiger charge is -2.19. The Balaban J connectivity index is 2.26. The second kappa shape index (κ2) is 5.62. The van der Waals surface area contributed by atoms with Crippen molar-refractivity contribution in [3.63, 3.8) is 0 Å². The van der Waals surface area contributed by atoms with Gasteiger partial charge in [0.15, 0.2) is 0 Å². The minimum atomic E-state index is -4.54. The fourth-order valence-electron chi connectivity index (χ4n) is 1.76. The summed E-state index contributed by atoms with van der Waals surface area (Å²) in [7, 11) is 0. The van der Waals surface area contributed by atoms with Crippen molar-refractivity contribution < 1.29 is 27.9 Å². The summed E-state index contributed by atoms with van der Waals surface area (Å²) in [6.45, 7) is 0. The van der Waals surface area contributed by atoms with Gasteiger partial charge in [0.05, 0.1) is 28.0 Å². The third-order valence-electron chi connectivity index (χ3n) is 2.88. The van der Waals surface area contributed by atoms with E-state index >= 15 is 0 Å². The van der Waals surface area contributed by atoms with Gasteiger partial charge in [-0.05, 0) is 24.3 Å². The largest absolute Gasteiger partial charge is 0.456 e. The summed E-state index contributed by atoms with van der Waals surface area (Å²) in [5.41, 5.74) is -3.26. The molecule has 5 nitrogen and oxygen atoms in total. The standard InChI is InChI=1S/C13H9ClF3NO4/c14-10-6-8(13(15,16)17)3-4-11(10)22-9-2-1-5-12(19,7-9)18(20)21/h1-4,6-7,19H,5H2. The molecule has 0 bridgehead atoms. The number of nitro groups is 1. The maximum atomic E-state index is 12.5. The average Bonchev–Trinajstić information content (AvgIpc) is 2.40. The Morgan fingerprint density at radius 3 is 2.64 bits per heavy atom. The van der Waals surface area contributed by atoms with Gasteiger partial charge < -0.3 is 9.84 Å². The van der Waals surface area contributed by atoms with Crippen molar-refractivity contribution in [2.24, 2.45) is 0 Å². The van der Waals surface area contributed by atoms with Gasteiger partial charge in [-0.1, -0.05) is 17.7 Å². The Hall–Kier alpha value is -2.06. The number of ether oxygens (including phenoxy) is 1. The van der Waals surface area contributed by atoms with E-state index in [4.69, 9.17) is 16.3 Å². The monoisotopic (exact) mass is 335 g/mol. The van der Waals surface area contributed by atoms with Crippen LogP contribution in [0.15, 0.2) is 42.2 Å². The molecule has 0 radical (unpaired) electrons. The molecule has 1 aromatic carbocycles. The normalized spacial score (nSPS) is 21.4. The minimum Gasteiger partial charge on any atom is -0.456 e. The molecule has 1 aliphatic rings. The maximum Gasteiger partial charge on any atom is 0.416 e. The molecule has 2 rings (SSSR count). The van der Waals surface area contributed by atoms with E-state index in [2.05, 4.69) is 0 Å². The first-order chi connectivity index (χ1) is 10.1. The van der Waals surface area contributed by atoms with E-state index in [-0.39, 0.29) is 23.0 Å². The van der Waals surface area contributed by atoms with Crippen molar-refractivity contribution in [3.8, 4) is 5.75 Å². The molecule has 118 valence electrons. The highest BCUT2D eigenvalue weighted by Gasteiger charge is 2.39. The Morgan fingerprint density at radius 1 is 1.41 bits per heavy atom. The summed E-state index contributed by atoms with van der Waals surface area (Å²) >= 11 is 5.72. The van der Waals surface area contributed by atoms with E-state index in [1.807, 2.05) is 0 Å². The van der Waals surface area contributed by atoms with Crippen LogP contribution in [0.4, 0.5) is 13.2 Å². The lowest BCUT2D eigenvalue weighted by molar-refractivity contribution is -0.607. The predicted octanol–water partition coefficient (Wildman–Crippen LogP) is 3.55. The van der Waals surface area contributed by atoms with Crippen LogP contribution in [0.25, 0.3) is 0 Å². The molecule has 0 heterocycles. The zero-order chi connectivity index (χ0) is 16.5. The zero-order valence-electron chi connectivity index (χ0n) is 10.8. The van der Waals surface area contributed by atoms with Crippen molar-refractivity contribution in [2.45, 2.75) is 18.3 Å². The molecule has 1 unspecified atom stereocenters. The Labute approximate surface area is 127 Å². The van der Waals surface area contributed by atoms with Crippen molar-refractivity contribution in [2.75, 3.05) is 0 Å². The zero-order valence-corrected chi connectivity index (χ0v) is 11.6. The van der Waals surface area contributed by atoms with E-state index in [9.17, 15) is 28.4 Å². The number of hydrogen-bond acceptors (Lipinski definition) is 4. The van der Waals surface area contributed by atoms with Gasteiger partial charge in [-0.2, -0.15) is 13.2 Å². The molecule has 1 N–H and O–H groups in total. The molecule has 0 spiro atoms. The van der Waals surface area contributed by atoms with Gasteiger partial charge in [-0.15, -0.1) is 0 Å². The molecule has 0 saturated heterocycles. The average molecular weight is 336 g/mol. The molecular weight excluding hydrogens is 327 g/mol. The van der Waals surface area contributed by atoms with Gasteiger partial charge in [-0.25, -0.2) is 0 Å². The smallest absolute Gasteiger partial charge is 0.416 e. The summed E-state index contributed by atoms with van der Waals surface area (Å²) < 4.78 is 42.8. The van der Waals surface area contributed by atoms with Crippen LogP contribution in [0.1, 0.15) is 12.0 Å². The highest BCUT2D eigenvalue weighted by molar-refractivity contribution is 6.32. The van der Waals surface area contributed by atoms with E-state index in [1.54, 1.807) is 0 Å². The molecule has 0 saturated carbocycles. The number of rotatable bonds is 3.